The molecule has 1 aromatic carbocycles. The molecule has 124 valence electrons. The number of carboxylic acid groups (broad SMARTS) is 1. The topological polar surface area (TPSA) is 93.8 Å². The monoisotopic (exact) mass is 343 g/mol. The van der Waals surface area contributed by atoms with Crippen molar-refractivity contribution in [3.63, 3.8) is 0 Å². The first-order valence-electron chi connectivity index (χ1n) is 7.82. The number of nitrogens with zero attached hydrogens (tertiary/aromatic N) is 3. The van der Waals surface area contributed by atoms with Gasteiger partial charge in [0.25, 0.3) is 5.91 Å². The van der Waals surface area contributed by atoms with E-state index in [2.05, 4.69) is 4.99 Å². The van der Waals surface area contributed by atoms with Crippen LogP contribution in [0.2, 0.25) is 0 Å². The number of rotatable bonds is 3. The van der Waals surface area contributed by atoms with E-state index >= 15 is 0 Å². The van der Waals surface area contributed by atoms with Gasteiger partial charge in [-0.15, -0.1) is 0 Å². The van der Waals surface area contributed by atoms with E-state index in [0.29, 0.717) is 16.3 Å². The molecule has 0 bridgehead atoms. The standard InChI is InChI=1S/C17H17N3O3S/c1-10-14(16(22)23)24-17(20(10)13-3-2-4-13)19-15(21)12-7-5-11(9-18)6-8-12/h5-8,10,13-14H,2-4H2,1H3,(H,22,23). The molecule has 1 saturated carbocycles. The minimum absolute atomic E-state index is 0.190. The van der Waals surface area contributed by atoms with E-state index in [0.717, 1.165) is 31.0 Å². The first-order chi connectivity index (χ1) is 11.5. The summed E-state index contributed by atoms with van der Waals surface area (Å²) in [4.78, 5) is 30.0. The highest BCUT2D eigenvalue weighted by Gasteiger charge is 2.45. The van der Waals surface area contributed by atoms with Crippen molar-refractivity contribution in [2.75, 3.05) is 0 Å². The Bertz CT molecular complexity index is 734. The third-order valence-electron chi connectivity index (χ3n) is 4.50. The van der Waals surface area contributed by atoms with Crippen LogP contribution in [0.3, 0.4) is 0 Å². The van der Waals surface area contributed by atoms with E-state index in [1.165, 1.54) is 0 Å². The van der Waals surface area contributed by atoms with Gasteiger partial charge in [-0.2, -0.15) is 10.3 Å². The van der Waals surface area contributed by atoms with Gasteiger partial charge in [0.15, 0.2) is 5.17 Å². The summed E-state index contributed by atoms with van der Waals surface area (Å²) >= 11 is 1.15. The van der Waals surface area contributed by atoms with Crippen LogP contribution in [0.1, 0.15) is 42.1 Å². The number of hydrogen-bond acceptors (Lipinski definition) is 4. The summed E-state index contributed by atoms with van der Waals surface area (Å²) < 4.78 is 0. The van der Waals surface area contributed by atoms with Gasteiger partial charge in [0, 0.05) is 11.6 Å². The van der Waals surface area contributed by atoms with Crippen LogP contribution in [0.5, 0.6) is 0 Å². The molecule has 3 rings (SSSR count). The fourth-order valence-corrected chi connectivity index (χ4v) is 4.15. The van der Waals surface area contributed by atoms with Gasteiger partial charge < -0.3 is 10.0 Å². The second-order valence-corrected chi connectivity index (χ2v) is 7.11. The first-order valence-corrected chi connectivity index (χ1v) is 8.70. The highest BCUT2D eigenvalue weighted by atomic mass is 32.2. The molecule has 2 aliphatic rings. The molecule has 2 fully saturated rings. The lowest BCUT2D eigenvalue weighted by Crippen LogP contribution is -2.47. The maximum atomic E-state index is 12.4. The summed E-state index contributed by atoms with van der Waals surface area (Å²) in [6.07, 6.45) is 3.12. The lowest BCUT2D eigenvalue weighted by molar-refractivity contribution is -0.137. The Hall–Kier alpha value is -2.33. The summed E-state index contributed by atoms with van der Waals surface area (Å²) in [6.45, 7) is 1.87. The Balaban J connectivity index is 1.86. The Morgan fingerprint density at radius 3 is 2.50 bits per heavy atom. The average molecular weight is 343 g/mol. The molecule has 1 aromatic rings. The van der Waals surface area contributed by atoms with Crippen molar-refractivity contribution in [2.24, 2.45) is 4.99 Å². The molecule has 1 saturated heterocycles. The molecule has 1 amide bonds. The molecule has 1 aliphatic carbocycles. The van der Waals surface area contributed by atoms with Gasteiger partial charge in [0.05, 0.1) is 17.7 Å². The number of aliphatic carboxylic acids is 1. The first kappa shape index (κ1) is 16.5. The summed E-state index contributed by atoms with van der Waals surface area (Å²) in [5, 5.41) is 18.1. The van der Waals surface area contributed by atoms with E-state index in [4.69, 9.17) is 5.26 Å². The number of carbonyl (C=O) groups is 2. The van der Waals surface area contributed by atoms with E-state index in [-0.39, 0.29) is 12.1 Å². The number of thioether (sulfide) groups is 1. The molecule has 0 aromatic heterocycles. The number of hydrogen-bond donors (Lipinski definition) is 1. The fraction of sp³-hybridized carbons (Fsp3) is 0.412. The predicted molar refractivity (Wildman–Crippen MR) is 90.9 cm³/mol. The van der Waals surface area contributed by atoms with Gasteiger partial charge in [-0.1, -0.05) is 11.8 Å². The van der Waals surface area contributed by atoms with Crippen LogP contribution < -0.4 is 0 Å². The normalized spacial score (nSPS) is 25.3. The zero-order valence-electron chi connectivity index (χ0n) is 13.2. The summed E-state index contributed by atoms with van der Waals surface area (Å²) in [6, 6.07) is 8.35. The van der Waals surface area contributed by atoms with Gasteiger partial charge in [0.1, 0.15) is 5.25 Å². The SMILES string of the molecule is CC1C(C(=O)O)SC(=NC(=O)c2ccc(C#N)cc2)N1C1CCC1. The smallest absolute Gasteiger partial charge is 0.319 e. The molecular formula is C17H17N3O3S. The number of carboxylic acids is 1. The highest BCUT2D eigenvalue weighted by Crippen LogP contribution is 2.39. The van der Waals surface area contributed by atoms with Crippen LogP contribution >= 0.6 is 11.8 Å². The van der Waals surface area contributed by atoms with Crippen LogP contribution in [-0.2, 0) is 4.79 Å². The molecule has 2 unspecified atom stereocenters. The van der Waals surface area contributed by atoms with Gasteiger partial charge in [0.2, 0.25) is 0 Å². The van der Waals surface area contributed by atoms with E-state index in [1.54, 1.807) is 24.3 Å². The quantitative estimate of drug-likeness (QED) is 0.906. The molecule has 1 heterocycles. The van der Waals surface area contributed by atoms with Crippen LogP contribution in [0.15, 0.2) is 29.3 Å². The largest absolute Gasteiger partial charge is 0.480 e. The van der Waals surface area contributed by atoms with Crippen LogP contribution in [-0.4, -0.2) is 44.4 Å². The number of nitriles is 1. The van der Waals surface area contributed by atoms with Gasteiger partial charge in [-0.05, 0) is 50.5 Å². The number of benzene rings is 1. The maximum absolute atomic E-state index is 12.4. The number of aliphatic imine (C=N–C) groups is 1. The van der Waals surface area contributed by atoms with Gasteiger partial charge in [-0.3, -0.25) is 9.59 Å². The zero-order valence-corrected chi connectivity index (χ0v) is 14.0. The third-order valence-corrected chi connectivity index (χ3v) is 5.86. The Labute approximate surface area is 144 Å². The van der Waals surface area contributed by atoms with Crippen molar-refractivity contribution in [2.45, 2.75) is 43.5 Å². The average Bonchev–Trinajstić information content (AvgIpc) is 2.83. The van der Waals surface area contributed by atoms with E-state index in [1.807, 2.05) is 17.9 Å². The molecule has 0 spiro atoms. The second-order valence-electron chi connectivity index (χ2n) is 6.00. The molecule has 1 N–H and O–H groups in total. The van der Waals surface area contributed by atoms with Crippen molar-refractivity contribution in [3.8, 4) is 6.07 Å². The fourth-order valence-electron chi connectivity index (χ4n) is 2.93. The van der Waals surface area contributed by atoms with Crippen LogP contribution in [0.25, 0.3) is 0 Å². The van der Waals surface area contributed by atoms with Crippen molar-refractivity contribution in [1.82, 2.24) is 4.90 Å². The lowest BCUT2D eigenvalue weighted by Gasteiger charge is -2.38. The van der Waals surface area contributed by atoms with Crippen LogP contribution in [0, 0.1) is 11.3 Å². The lowest BCUT2D eigenvalue weighted by atomic mass is 9.90. The van der Waals surface area contributed by atoms with Crippen molar-refractivity contribution < 1.29 is 14.7 Å². The molecule has 24 heavy (non-hydrogen) atoms. The molecule has 1 aliphatic heterocycles. The second kappa shape index (κ2) is 6.65. The highest BCUT2D eigenvalue weighted by molar-refractivity contribution is 8.15. The molecular weight excluding hydrogens is 326 g/mol. The van der Waals surface area contributed by atoms with Crippen molar-refractivity contribution in [1.29, 1.82) is 5.26 Å². The number of amides is 1. The zero-order chi connectivity index (χ0) is 17.3. The summed E-state index contributed by atoms with van der Waals surface area (Å²) in [7, 11) is 0. The summed E-state index contributed by atoms with van der Waals surface area (Å²) in [5.41, 5.74) is 0.868. The maximum Gasteiger partial charge on any atom is 0.319 e. The molecule has 0 radical (unpaired) electrons. The minimum Gasteiger partial charge on any atom is -0.480 e. The third kappa shape index (κ3) is 3.02. The van der Waals surface area contributed by atoms with E-state index in [9.17, 15) is 14.7 Å². The minimum atomic E-state index is -0.882. The predicted octanol–water partition coefficient (Wildman–Crippen LogP) is 2.50. The van der Waals surface area contributed by atoms with Crippen molar-refractivity contribution >= 4 is 28.8 Å². The van der Waals surface area contributed by atoms with Gasteiger partial charge >= 0.3 is 5.97 Å². The molecule has 6 nitrogen and oxygen atoms in total. The van der Waals surface area contributed by atoms with Crippen molar-refractivity contribution in [3.05, 3.63) is 35.4 Å². The number of carbonyl (C=O) groups excluding carboxylic acids is 1. The van der Waals surface area contributed by atoms with E-state index < -0.39 is 17.1 Å². The Morgan fingerprint density at radius 1 is 1.33 bits per heavy atom. The Morgan fingerprint density at radius 2 is 2.00 bits per heavy atom. The van der Waals surface area contributed by atoms with Crippen LogP contribution in [0.4, 0.5) is 0 Å². The number of amidine groups is 1. The molecule has 2 atom stereocenters. The van der Waals surface area contributed by atoms with Gasteiger partial charge in [-0.25, -0.2) is 0 Å². The summed E-state index contributed by atoms with van der Waals surface area (Å²) in [5.74, 6) is -1.29. The molecule has 7 heteroatoms. The Kier molecular flexibility index (Phi) is 4.58.